The average molecular weight is 266 g/mol. The predicted octanol–water partition coefficient (Wildman–Crippen LogP) is 1.38. The number of nitrogens with one attached hydrogen (secondary N) is 2. The molecular formula is C12H18N4OS. The molecule has 1 atom stereocenters. The molecule has 5 nitrogen and oxygen atoms in total. The van der Waals surface area contributed by atoms with E-state index in [9.17, 15) is 4.79 Å². The minimum absolute atomic E-state index is 0.140. The van der Waals surface area contributed by atoms with Gasteiger partial charge in [0.05, 0.1) is 5.69 Å². The number of carbonyl (C=O) groups is 1. The molecule has 2 rings (SSSR count). The lowest BCUT2D eigenvalue weighted by Gasteiger charge is -2.21. The second-order valence-corrected chi connectivity index (χ2v) is 5.68. The normalized spacial score (nSPS) is 19.3. The summed E-state index contributed by atoms with van der Waals surface area (Å²) in [5.74, 6) is 6.36. The van der Waals surface area contributed by atoms with Gasteiger partial charge in [-0.3, -0.25) is 15.6 Å². The molecule has 1 fully saturated rings. The first kappa shape index (κ1) is 13.2. The van der Waals surface area contributed by atoms with Crippen LogP contribution in [0.5, 0.6) is 0 Å². The topological polar surface area (TPSA) is 80.0 Å². The molecule has 0 spiro atoms. The molecule has 0 radical (unpaired) electrons. The molecule has 0 saturated carbocycles. The first-order valence-corrected chi connectivity index (χ1v) is 7.17. The van der Waals surface area contributed by atoms with Gasteiger partial charge in [-0.25, -0.2) is 0 Å². The van der Waals surface area contributed by atoms with Crippen LogP contribution in [0.15, 0.2) is 18.3 Å². The lowest BCUT2D eigenvalue weighted by atomic mass is 10.2. The fraction of sp³-hybridized carbons (Fsp3) is 0.500. The number of carbonyl (C=O) groups excluding carboxylic acids is 1. The number of hydrogen-bond acceptors (Lipinski definition) is 5. The highest BCUT2D eigenvalue weighted by Crippen LogP contribution is 2.24. The van der Waals surface area contributed by atoms with E-state index in [1.54, 1.807) is 18.3 Å². The van der Waals surface area contributed by atoms with Crippen LogP contribution in [-0.4, -0.2) is 28.4 Å². The molecule has 1 aliphatic heterocycles. The molecule has 1 saturated heterocycles. The number of pyridine rings is 1. The van der Waals surface area contributed by atoms with Crippen LogP contribution in [0, 0.1) is 0 Å². The number of hydrazine groups is 1. The van der Waals surface area contributed by atoms with Crippen LogP contribution in [0.2, 0.25) is 0 Å². The first-order valence-electron chi connectivity index (χ1n) is 6.12. The van der Waals surface area contributed by atoms with Gasteiger partial charge in [0.2, 0.25) is 0 Å². The van der Waals surface area contributed by atoms with Crippen molar-refractivity contribution in [2.45, 2.75) is 24.5 Å². The third-order valence-electron chi connectivity index (χ3n) is 2.92. The van der Waals surface area contributed by atoms with E-state index < -0.39 is 0 Å². The van der Waals surface area contributed by atoms with E-state index >= 15 is 0 Å². The summed E-state index contributed by atoms with van der Waals surface area (Å²) < 4.78 is 0. The van der Waals surface area contributed by atoms with E-state index in [2.05, 4.69) is 15.7 Å². The monoisotopic (exact) mass is 266 g/mol. The van der Waals surface area contributed by atoms with Gasteiger partial charge in [0.25, 0.3) is 5.91 Å². The van der Waals surface area contributed by atoms with E-state index in [4.69, 9.17) is 5.84 Å². The van der Waals surface area contributed by atoms with E-state index in [1.165, 1.54) is 25.0 Å². The van der Waals surface area contributed by atoms with Crippen molar-refractivity contribution < 1.29 is 4.79 Å². The second kappa shape index (κ2) is 6.61. The van der Waals surface area contributed by atoms with Crippen molar-refractivity contribution in [2.24, 2.45) is 5.84 Å². The number of nitrogen functional groups attached to an aromatic ring is 1. The molecule has 1 aromatic rings. The number of amides is 1. The maximum atomic E-state index is 11.9. The fourth-order valence-electron chi connectivity index (χ4n) is 1.91. The van der Waals surface area contributed by atoms with Crippen LogP contribution >= 0.6 is 11.8 Å². The van der Waals surface area contributed by atoms with Gasteiger partial charge in [0.1, 0.15) is 5.69 Å². The minimum atomic E-state index is -0.140. The van der Waals surface area contributed by atoms with Crippen LogP contribution < -0.4 is 16.6 Å². The quantitative estimate of drug-likeness (QED) is 0.567. The number of rotatable bonds is 4. The lowest BCUT2D eigenvalue weighted by Crippen LogP contribution is -2.32. The summed E-state index contributed by atoms with van der Waals surface area (Å²) in [6, 6.07) is 3.36. The molecule has 0 bridgehead atoms. The Kier molecular flexibility index (Phi) is 4.83. The predicted molar refractivity (Wildman–Crippen MR) is 74.5 cm³/mol. The SMILES string of the molecule is NNc1ccnc(C(=O)NCC2CCCCS2)c1. The molecular weight excluding hydrogens is 248 g/mol. The van der Waals surface area contributed by atoms with Gasteiger partial charge < -0.3 is 10.7 Å². The lowest BCUT2D eigenvalue weighted by molar-refractivity contribution is 0.0948. The molecule has 1 aliphatic rings. The molecule has 2 heterocycles. The third kappa shape index (κ3) is 3.61. The maximum Gasteiger partial charge on any atom is 0.269 e. The zero-order valence-corrected chi connectivity index (χ0v) is 11.0. The fourth-order valence-corrected chi connectivity index (χ4v) is 3.15. The highest BCUT2D eigenvalue weighted by atomic mass is 32.2. The molecule has 18 heavy (non-hydrogen) atoms. The molecule has 1 aromatic heterocycles. The summed E-state index contributed by atoms with van der Waals surface area (Å²) in [6.45, 7) is 0.714. The van der Waals surface area contributed by atoms with Crippen molar-refractivity contribution in [3.8, 4) is 0 Å². The number of thioether (sulfide) groups is 1. The van der Waals surface area contributed by atoms with E-state index in [0.29, 0.717) is 23.2 Å². The largest absolute Gasteiger partial charge is 0.350 e. The van der Waals surface area contributed by atoms with Crippen LogP contribution in [0.25, 0.3) is 0 Å². The molecule has 1 amide bonds. The molecule has 1 unspecified atom stereocenters. The van der Waals surface area contributed by atoms with Crippen LogP contribution in [0.1, 0.15) is 29.8 Å². The first-order chi connectivity index (χ1) is 8.79. The van der Waals surface area contributed by atoms with Gasteiger partial charge in [-0.05, 0) is 30.7 Å². The summed E-state index contributed by atoms with van der Waals surface area (Å²) in [7, 11) is 0. The number of aromatic nitrogens is 1. The Morgan fingerprint density at radius 3 is 3.17 bits per heavy atom. The van der Waals surface area contributed by atoms with E-state index in [0.717, 1.165) is 0 Å². The van der Waals surface area contributed by atoms with Crippen molar-refractivity contribution in [1.82, 2.24) is 10.3 Å². The van der Waals surface area contributed by atoms with Gasteiger partial charge in [0, 0.05) is 18.0 Å². The van der Waals surface area contributed by atoms with Gasteiger partial charge in [-0.15, -0.1) is 0 Å². The molecule has 0 aromatic carbocycles. The Balaban J connectivity index is 1.86. The van der Waals surface area contributed by atoms with Crippen molar-refractivity contribution in [3.63, 3.8) is 0 Å². The zero-order chi connectivity index (χ0) is 12.8. The Bertz CT molecular complexity index is 407. The van der Waals surface area contributed by atoms with Crippen LogP contribution in [-0.2, 0) is 0 Å². The summed E-state index contributed by atoms with van der Waals surface area (Å²) in [5.41, 5.74) is 3.58. The smallest absolute Gasteiger partial charge is 0.269 e. The molecule has 4 N–H and O–H groups in total. The second-order valence-electron chi connectivity index (χ2n) is 4.27. The highest BCUT2D eigenvalue weighted by Gasteiger charge is 2.15. The minimum Gasteiger partial charge on any atom is -0.350 e. The van der Waals surface area contributed by atoms with Gasteiger partial charge in [-0.2, -0.15) is 11.8 Å². The third-order valence-corrected chi connectivity index (χ3v) is 4.32. The van der Waals surface area contributed by atoms with Crippen LogP contribution in [0.4, 0.5) is 5.69 Å². The summed E-state index contributed by atoms with van der Waals surface area (Å²) in [5, 5.41) is 3.47. The molecule has 0 aliphatic carbocycles. The number of nitrogens with two attached hydrogens (primary N) is 1. The average Bonchev–Trinajstić information content (AvgIpc) is 2.46. The standard InChI is InChI=1S/C12H18N4OS/c13-16-9-4-5-14-11(7-9)12(17)15-8-10-3-1-2-6-18-10/h4-5,7,10H,1-3,6,8,13H2,(H,14,16)(H,15,17). The Morgan fingerprint density at radius 1 is 1.56 bits per heavy atom. The van der Waals surface area contributed by atoms with E-state index in [1.807, 2.05) is 11.8 Å². The van der Waals surface area contributed by atoms with E-state index in [-0.39, 0.29) is 5.91 Å². The summed E-state index contributed by atoms with van der Waals surface area (Å²) in [6.07, 6.45) is 5.31. The Labute approximate surface area is 111 Å². The van der Waals surface area contributed by atoms with Crippen molar-refractivity contribution in [1.29, 1.82) is 0 Å². The summed E-state index contributed by atoms with van der Waals surface area (Å²) in [4.78, 5) is 15.9. The van der Waals surface area contributed by atoms with Gasteiger partial charge >= 0.3 is 0 Å². The number of anilines is 1. The molecule has 98 valence electrons. The Hall–Kier alpha value is -1.27. The highest BCUT2D eigenvalue weighted by molar-refractivity contribution is 7.99. The Morgan fingerprint density at radius 2 is 2.44 bits per heavy atom. The van der Waals surface area contributed by atoms with Gasteiger partial charge in [0.15, 0.2) is 0 Å². The molecule has 6 heteroatoms. The zero-order valence-electron chi connectivity index (χ0n) is 10.2. The van der Waals surface area contributed by atoms with Crippen molar-refractivity contribution in [2.75, 3.05) is 17.7 Å². The van der Waals surface area contributed by atoms with Gasteiger partial charge in [-0.1, -0.05) is 6.42 Å². The van der Waals surface area contributed by atoms with Crippen LogP contribution in [0.3, 0.4) is 0 Å². The number of hydrogen-bond donors (Lipinski definition) is 3. The summed E-state index contributed by atoms with van der Waals surface area (Å²) >= 11 is 1.94. The van der Waals surface area contributed by atoms with Crippen molar-refractivity contribution >= 4 is 23.4 Å². The maximum absolute atomic E-state index is 11.9. The van der Waals surface area contributed by atoms with Crippen molar-refractivity contribution in [3.05, 3.63) is 24.0 Å². The number of nitrogens with zero attached hydrogens (tertiary/aromatic N) is 1.